The van der Waals surface area contributed by atoms with Crippen LogP contribution in [0.2, 0.25) is 5.02 Å². The normalized spacial score (nSPS) is 11.9. The molecule has 2 aromatic heterocycles. The van der Waals surface area contributed by atoms with E-state index < -0.39 is 10.0 Å². The van der Waals surface area contributed by atoms with Gasteiger partial charge in [0.2, 0.25) is 15.0 Å². The molecule has 4 rings (SSSR count). The first-order valence-electron chi connectivity index (χ1n) is 9.39. The van der Waals surface area contributed by atoms with E-state index in [1.54, 1.807) is 22.7 Å². The SMILES string of the molecule is COc1cc(Cc2nnc3sc(-c4ccc(Cl)cc4)nn23)c(S(=O)(=O)N(C)C)cc1OC. The molecule has 0 amide bonds. The summed E-state index contributed by atoms with van der Waals surface area (Å²) in [6.07, 6.45) is 0.174. The number of rotatable bonds is 7. The highest BCUT2D eigenvalue weighted by Gasteiger charge is 2.26. The molecule has 12 heteroatoms. The number of nitrogens with zero attached hydrogens (tertiary/aromatic N) is 5. The van der Waals surface area contributed by atoms with Gasteiger partial charge in [-0.1, -0.05) is 35.1 Å². The molecule has 0 atom stereocenters. The zero-order chi connectivity index (χ0) is 23.0. The molecule has 0 bridgehead atoms. The van der Waals surface area contributed by atoms with E-state index in [-0.39, 0.29) is 11.3 Å². The Morgan fingerprint density at radius 1 is 1.06 bits per heavy atom. The standard InChI is InChI=1S/C20H20ClN5O4S2/c1-25(2)32(27,28)17-11-16(30-4)15(29-3)9-13(17)10-18-22-23-20-26(18)24-19(31-20)12-5-7-14(21)8-6-12/h5-9,11H,10H2,1-4H3. The lowest BCUT2D eigenvalue weighted by Crippen LogP contribution is -2.23. The molecule has 2 aromatic carbocycles. The van der Waals surface area contributed by atoms with Crippen LogP contribution in [0.5, 0.6) is 11.5 Å². The van der Waals surface area contributed by atoms with E-state index in [0.717, 1.165) is 14.9 Å². The maximum Gasteiger partial charge on any atom is 0.242 e. The molecule has 32 heavy (non-hydrogen) atoms. The van der Waals surface area contributed by atoms with Gasteiger partial charge in [0.1, 0.15) is 5.01 Å². The molecule has 168 valence electrons. The van der Waals surface area contributed by atoms with Crippen molar-refractivity contribution in [3.05, 3.63) is 52.8 Å². The molecule has 0 unspecified atom stereocenters. The molecule has 9 nitrogen and oxygen atoms in total. The number of hydrogen-bond acceptors (Lipinski definition) is 8. The van der Waals surface area contributed by atoms with Crippen LogP contribution in [0.4, 0.5) is 0 Å². The summed E-state index contributed by atoms with van der Waals surface area (Å²) in [5.74, 6) is 1.24. The van der Waals surface area contributed by atoms with Crippen LogP contribution in [0.1, 0.15) is 11.4 Å². The summed E-state index contributed by atoms with van der Waals surface area (Å²) in [7, 11) is 2.15. The van der Waals surface area contributed by atoms with E-state index >= 15 is 0 Å². The van der Waals surface area contributed by atoms with Crippen LogP contribution in [0.25, 0.3) is 15.5 Å². The van der Waals surface area contributed by atoms with Crippen molar-refractivity contribution in [3.63, 3.8) is 0 Å². The Kier molecular flexibility index (Phi) is 6.08. The second-order valence-electron chi connectivity index (χ2n) is 7.00. The van der Waals surface area contributed by atoms with Crippen LogP contribution >= 0.6 is 22.9 Å². The fourth-order valence-electron chi connectivity index (χ4n) is 3.12. The van der Waals surface area contributed by atoms with E-state index in [4.69, 9.17) is 21.1 Å². The average molecular weight is 494 g/mol. The van der Waals surface area contributed by atoms with Gasteiger partial charge in [0.05, 0.1) is 19.1 Å². The number of hydrogen-bond donors (Lipinski definition) is 0. The van der Waals surface area contributed by atoms with Gasteiger partial charge in [-0.15, -0.1) is 10.2 Å². The minimum absolute atomic E-state index is 0.102. The fraction of sp³-hybridized carbons (Fsp3) is 0.250. The number of ether oxygens (including phenoxy) is 2. The topological polar surface area (TPSA) is 98.9 Å². The van der Waals surface area contributed by atoms with Gasteiger partial charge in [-0.25, -0.2) is 12.7 Å². The Balaban J connectivity index is 1.80. The monoisotopic (exact) mass is 493 g/mol. The Morgan fingerprint density at radius 2 is 1.72 bits per heavy atom. The third-order valence-corrected chi connectivity index (χ3v) is 7.92. The first-order valence-corrected chi connectivity index (χ1v) is 12.0. The van der Waals surface area contributed by atoms with E-state index in [9.17, 15) is 8.42 Å². The summed E-state index contributed by atoms with van der Waals surface area (Å²) in [6.45, 7) is 0. The maximum absolute atomic E-state index is 13.0. The van der Waals surface area contributed by atoms with Crippen molar-refractivity contribution >= 4 is 37.9 Å². The summed E-state index contributed by atoms with van der Waals surface area (Å²) < 4.78 is 39.5. The summed E-state index contributed by atoms with van der Waals surface area (Å²) in [5, 5.41) is 14.4. The highest BCUT2D eigenvalue weighted by molar-refractivity contribution is 7.89. The van der Waals surface area contributed by atoms with Gasteiger partial charge in [0.15, 0.2) is 17.3 Å². The molecule has 0 saturated carbocycles. The Labute approximate surface area is 194 Å². The van der Waals surface area contributed by atoms with E-state index in [1.807, 2.05) is 12.1 Å². The van der Waals surface area contributed by atoms with Crippen LogP contribution in [-0.2, 0) is 16.4 Å². The summed E-state index contributed by atoms with van der Waals surface area (Å²) in [4.78, 5) is 0.701. The van der Waals surface area contributed by atoms with E-state index in [1.165, 1.54) is 45.7 Å². The summed E-state index contributed by atoms with van der Waals surface area (Å²) in [5.41, 5.74) is 1.39. The van der Waals surface area contributed by atoms with E-state index in [0.29, 0.717) is 32.9 Å². The van der Waals surface area contributed by atoms with Gasteiger partial charge in [0.25, 0.3) is 0 Å². The van der Waals surface area contributed by atoms with Gasteiger partial charge in [-0.05, 0) is 23.8 Å². The third kappa shape index (κ3) is 4.04. The molecular formula is C20H20ClN5O4S2. The number of sulfonamides is 1. The van der Waals surface area contributed by atoms with Crippen molar-refractivity contribution in [2.24, 2.45) is 0 Å². The predicted octanol–water partition coefficient (Wildman–Crippen LogP) is 3.36. The van der Waals surface area contributed by atoms with Crippen LogP contribution < -0.4 is 9.47 Å². The number of methoxy groups -OCH3 is 2. The largest absolute Gasteiger partial charge is 0.493 e. The Bertz CT molecular complexity index is 1380. The molecule has 0 saturated heterocycles. The molecule has 0 N–H and O–H groups in total. The Hall–Kier alpha value is -2.73. The molecule has 4 aromatic rings. The predicted molar refractivity (Wildman–Crippen MR) is 122 cm³/mol. The molecule has 0 spiro atoms. The third-order valence-electron chi connectivity index (χ3n) is 4.82. The summed E-state index contributed by atoms with van der Waals surface area (Å²) >= 11 is 7.36. The average Bonchev–Trinajstić information content (AvgIpc) is 3.35. The van der Waals surface area contributed by atoms with Crippen LogP contribution in [-0.4, -0.2) is 60.8 Å². The van der Waals surface area contributed by atoms with Crippen LogP contribution in [0.15, 0.2) is 41.3 Å². The molecule has 0 radical (unpaired) electrons. The van der Waals surface area contributed by atoms with Crippen molar-refractivity contribution in [1.82, 2.24) is 24.1 Å². The molecule has 0 aliphatic heterocycles. The lowest BCUT2D eigenvalue weighted by Gasteiger charge is -2.17. The van der Waals surface area contributed by atoms with Crippen molar-refractivity contribution in [3.8, 4) is 22.1 Å². The van der Waals surface area contributed by atoms with Crippen molar-refractivity contribution in [2.75, 3.05) is 28.3 Å². The lowest BCUT2D eigenvalue weighted by molar-refractivity contribution is 0.353. The van der Waals surface area contributed by atoms with E-state index in [2.05, 4.69) is 15.3 Å². The minimum Gasteiger partial charge on any atom is -0.493 e. The fourth-order valence-corrected chi connectivity index (χ4v) is 5.23. The number of benzene rings is 2. The zero-order valence-electron chi connectivity index (χ0n) is 17.7. The molecule has 0 aliphatic carbocycles. The number of halogens is 1. The molecule has 0 fully saturated rings. The minimum atomic E-state index is -3.75. The van der Waals surface area contributed by atoms with Crippen LogP contribution in [0, 0.1) is 0 Å². The number of fused-ring (bicyclic) bond motifs is 1. The molecule has 2 heterocycles. The quantitative estimate of drug-likeness (QED) is 0.389. The highest BCUT2D eigenvalue weighted by atomic mass is 35.5. The van der Waals surface area contributed by atoms with Gasteiger partial charge in [-0.2, -0.15) is 9.61 Å². The number of aromatic nitrogens is 4. The highest BCUT2D eigenvalue weighted by Crippen LogP contribution is 2.35. The van der Waals surface area contributed by atoms with Crippen molar-refractivity contribution < 1.29 is 17.9 Å². The molecular weight excluding hydrogens is 474 g/mol. The lowest BCUT2D eigenvalue weighted by atomic mass is 10.1. The first-order chi connectivity index (χ1) is 15.2. The second-order valence-corrected chi connectivity index (χ2v) is 10.5. The van der Waals surface area contributed by atoms with Crippen molar-refractivity contribution in [1.29, 1.82) is 0 Å². The summed E-state index contributed by atoms with van der Waals surface area (Å²) in [6, 6.07) is 10.4. The van der Waals surface area contributed by atoms with Gasteiger partial charge in [0, 0.05) is 37.2 Å². The maximum atomic E-state index is 13.0. The smallest absolute Gasteiger partial charge is 0.242 e. The zero-order valence-corrected chi connectivity index (χ0v) is 20.1. The van der Waals surface area contributed by atoms with Gasteiger partial charge >= 0.3 is 0 Å². The Morgan fingerprint density at radius 3 is 2.34 bits per heavy atom. The van der Waals surface area contributed by atoms with Gasteiger partial charge < -0.3 is 9.47 Å². The first kappa shape index (κ1) is 22.5. The van der Waals surface area contributed by atoms with Crippen molar-refractivity contribution in [2.45, 2.75) is 11.3 Å². The van der Waals surface area contributed by atoms with Crippen LogP contribution in [0.3, 0.4) is 0 Å². The van der Waals surface area contributed by atoms with Gasteiger partial charge in [-0.3, -0.25) is 0 Å². The second kappa shape index (κ2) is 8.66. The molecule has 0 aliphatic rings.